The maximum atomic E-state index is 5.47. The second-order valence-electron chi connectivity index (χ2n) is 16.2. The van der Waals surface area contributed by atoms with Crippen LogP contribution in [0.5, 0.6) is 0 Å². The van der Waals surface area contributed by atoms with E-state index in [4.69, 9.17) is 15.0 Å². The minimum absolute atomic E-state index is 0.113. The summed E-state index contributed by atoms with van der Waals surface area (Å²) in [5.41, 5.74) is 14.1. The van der Waals surface area contributed by atoms with Crippen LogP contribution < -0.4 is 10.4 Å². The third-order valence-electron chi connectivity index (χ3n) is 13.2. The zero-order valence-electron chi connectivity index (χ0n) is 32.5. The summed E-state index contributed by atoms with van der Waals surface area (Å²) in [5, 5.41) is 5.84. The molecule has 4 heteroatoms. The van der Waals surface area contributed by atoms with E-state index < -0.39 is 5.41 Å². The smallest absolute Gasteiger partial charge is 0.0972 e. The molecule has 13 rings (SSSR count). The van der Waals surface area contributed by atoms with E-state index in [1.54, 1.807) is 0 Å². The molecule has 0 bridgehead atoms. The Hall–Kier alpha value is -7.14. The minimum atomic E-state index is -0.449. The molecule has 10 aromatic rings. The number of fused-ring (bicyclic) bond motifs is 15. The van der Waals surface area contributed by atoms with Crippen LogP contribution in [-0.2, 0) is 5.41 Å². The molecule has 60 heavy (non-hydrogen) atoms. The molecule has 3 aromatic heterocycles. The van der Waals surface area contributed by atoms with Crippen LogP contribution in [0.1, 0.15) is 28.2 Å². The fourth-order valence-electron chi connectivity index (χ4n) is 10.6. The van der Waals surface area contributed by atoms with E-state index >= 15 is 0 Å². The van der Waals surface area contributed by atoms with Gasteiger partial charge in [-0.1, -0.05) is 176 Å². The molecule has 2 unspecified atom stereocenters. The standard InChI is InChI=1S/C56H35N3S/c1-3-13-34(14-4-1)48-29-26-36-23-24-37-27-30-49(58-55(37)54(36)57-48)38-25-28-39-42-32-43-41(40-17-7-10-20-50(40)59-53(43)35-15-5-2-6-16-35)33-47(42)56(46(39)31-38)44-18-8-11-21-51(44)60-52-22-12-9-19-45(52)56/h1-33,42,47H. The summed E-state index contributed by atoms with van der Waals surface area (Å²) in [4.78, 5) is 18.7. The Bertz CT molecular complexity index is 3500. The van der Waals surface area contributed by atoms with Gasteiger partial charge in [-0.3, -0.25) is 0 Å². The predicted molar refractivity (Wildman–Crippen MR) is 246 cm³/mol. The summed E-state index contributed by atoms with van der Waals surface area (Å²) in [6.45, 7) is 0. The van der Waals surface area contributed by atoms with Crippen molar-refractivity contribution in [2.75, 3.05) is 0 Å². The lowest BCUT2D eigenvalue weighted by Crippen LogP contribution is -2.42. The monoisotopic (exact) mass is 781 g/mol. The summed E-state index contributed by atoms with van der Waals surface area (Å²) >= 11 is 1.89. The fraction of sp³-hybridized carbons (Fsp3) is 0.0536. The first-order valence-electron chi connectivity index (χ1n) is 20.7. The van der Waals surface area contributed by atoms with Gasteiger partial charge >= 0.3 is 0 Å². The van der Waals surface area contributed by atoms with Crippen molar-refractivity contribution in [1.82, 2.24) is 15.0 Å². The average Bonchev–Trinajstić information content (AvgIpc) is 3.59. The molecule has 0 saturated carbocycles. The molecule has 280 valence electrons. The van der Waals surface area contributed by atoms with E-state index in [2.05, 4.69) is 194 Å². The van der Waals surface area contributed by atoms with Crippen LogP contribution >= 0.6 is 11.8 Å². The molecule has 0 fully saturated rings. The SMILES string of the molecule is C1=c2c(-c3ccccc3)nc3ccccc3c2=CC2C1c1ccc(-c3ccc4ccc5ccc(-c6ccccc6)nc5c4n3)cc1C21c2ccccc2Sc2ccccc21. The lowest BCUT2D eigenvalue weighted by Gasteiger charge is -2.43. The number of para-hydroxylation sites is 1. The van der Waals surface area contributed by atoms with Crippen molar-refractivity contribution in [1.29, 1.82) is 0 Å². The van der Waals surface area contributed by atoms with Gasteiger partial charge in [0.25, 0.3) is 0 Å². The van der Waals surface area contributed by atoms with Gasteiger partial charge in [0, 0.05) is 59.7 Å². The van der Waals surface area contributed by atoms with Crippen LogP contribution in [-0.4, -0.2) is 15.0 Å². The molecule has 2 aliphatic carbocycles. The van der Waals surface area contributed by atoms with Gasteiger partial charge in [-0.15, -0.1) is 0 Å². The van der Waals surface area contributed by atoms with E-state index in [9.17, 15) is 0 Å². The first-order chi connectivity index (χ1) is 29.7. The van der Waals surface area contributed by atoms with Crippen LogP contribution in [0.15, 0.2) is 198 Å². The van der Waals surface area contributed by atoms with E-state index in [-0.39, 0.29) is 11.8 Å². The van der Waals surface area contributed by atoms with Crippen molar-refractivity contribution in [2.45, 2.75) is 21.1 Å². The molecule has 0 radical (unpaired) electrons. The van der Waals surface area contributed by atoms with Crippen molar-refractivity contribution in [2.24, 2.45) is 5.92 Å². The molecule has 1 aliphatic heterocycles. The van der Waals surface area contributed by atoms with E-state index in [0.29, 0.717) is 0 Å². The third kappa shape index (κ3) is 4.83. The summed E-state index contributed by atoms with van der Waals surface area (Å²) in [7, 11) is 0. The Kier molecular flexibility index (Phi) is 7.28. The number of benzene rings is 7. The lowest BCUT2D eigenvalue weighted by molar-refractivity contribution is 0.473. The maximum absolute atomic E-state index is 5.47. The molecule has 0 saturated heterocycles. The normalized spacial score (nSPS) is 16.7. The largest absolute Gasteiger partial charge is 0.247 e. The second kappa shape index (κ2) is 12.9. The molecule has 4 heterocycles. The number of rotatable bonds is 3. The Morgan fingerprint density at radius 1 is 0.433 bits per heavy atom. The van der Waals surface area contributed by atoms with Crippen LogP contribution in [0.2, 0.25) is 0 Å². The number of pyridine rings is 3. The summed E-state index contributed by atoms with van der Waals surface area (Å²) in [6, 6.07) is 68.2. The summed E-state index contributed by atoms with van der Waals surface area (Å²) in [5.74, 6) is 0.229. The Balaban J connectivity index is 1.09. The summed E-state index contributed by atoms with van der Waals surface area (Å²) in [6.07, 6.45) is 5.18. The fourth-order valence-corrected chi connectivity index (χ4v) is 11.8. The van der Waals surface area contributed by atoms with Gasteiger partial charge < -0.3 is 0 Å². The highest BCUT2D eigenvalue weighted by Crippen LogP contribution is 2.64. The number of hydrogen-bond acceptors (Lipinski definition) is 4. The van der Waals surface area contributed by atoms with Gasteiger partial charge in [0.1, 0.15) is 0 Å². The quantitative estimate of drug-likeness (QED) is 0.167. The van der Waals surface area contributed by atoms with Crippen LogP contribution in [0.4, 0.5) is 0 Å². The maximum Gasteiger partial charge on any atom is 0.0972 e. The van der Waals surface area contributed by atoms with Crippen molar-refractivity contribution < 1.29 is 0 Å². The van der Waals surface area contributed by atoms with Crippen molar-refractivity contribution >= 4 is 56.6 Å². The number of aromatic nitrogens is 3. The molecule has 7 aromatic carbocycles. The third-order valence-corrected chi connectivity index (χ3v) is 14.3. The van der Waals surface area contributed by atoms with Gasteiger partial charge in [0.05, 0.1) is 39.0 Å². The first kappa shape index (κ1) is 33.8. The molecule has 0 amide bonds. The van der Waals surface area contributed by atoms with Gasteiger partial charge in [-0.05, 0) is 63.9 Å². The van der Waals surface area contributed by atoms with Gasteiger partial charge in [-0.2, -0.15) is 0 Å². The zero-order valence-corrected chi connectivity index (χ0v) is 33.3. The Morgan fingerprint density at radius 3 is 1.72 bits per heavy atom. The number of hydrogen-bond donors (Lipinski definition) is 0. The average molecular weight is 782 g/mol. The summed E-state index contributed by atoms with van der Waals surface area (Å²) < 4.78 is 0. The highest BCUT2D eigenvalue weighted by atomic mass is 32.2. The van der Waals surface area contributed by atoms with Crippen LogP contribution in [0.3, 0.4) is 0 Å². The Morgan fingerprint density at radius 2 is 1.02 bits per heavy atom. The molecule has 2 atom stereocenters. The van der Waals surface area contributed by atoms with Crippen molar-refractivity contribution in [3.8, 4) is 33.8 Å². The second-order valence-corrected chi connectivity index (χ2v) is 17.3. The topological polar surface area (TPSA) is 38.7 Å². The molecule has 0 N–H and O–H groups in total. The molecular formula is C56H35N3S. The van der Waals surface area contributed by atoms with Gasteiger partial charge in [-0.25, -0.2) is 15.0 Å². The van der Waals surface area contributed by atoms with E-state index in [1.807, 2.05) is 17.8 Å². The predicted octanol–water partition coefficient (Wildman–Crippen LogP) is 12.1. The first-order valence-corrected chi connectivity index (χ1v) is 21.5. The molecule has 3 nitrogen and oxygen atoms in total. The van der Waals surface area contributed by atoms with Crippen molar-refractivity contribution in [3.05, 3.63) is 221 Å². The van der Waals surface area contributed by atoms with E-state index in [0.717, 1.165) is 61.1 Å². The minimum Gasteiger partial charge on any atom is -0.247 e. The van der Waals surface area contributed by atoms with Gasteiger partial charge in [0.2, 0.25) is 0 Å². The molecule has 1 spiro atoms. The van der Waals surface area contributed by atoms with Crippen molar-refractivity contribution in [3.63, 3.8) is 0 Å². The lowest BCUT2D eigenvalue weighted by atomic mass is 9.62. The highest BCUT2D eigenvalue weighted by molar-refractivity contribution is 7.99. The molecular weight excluding hydrogens is 747 g/mol. The van der Waals surface area contributed by atoms with E-state index in [1.165, 1.54) is 47.9 Å². The molecule has 3 aliphatic rings. The number of nitrogens with zero attached hydrogens (tertiary/aromatic N) is 3. The Labute approximate surface area is 351 Å². The van der Waals surface area contributed by atoms with Crippen LogP contribution in [0.25, 0.3) is 78.6 Å². The van der Waals surface area contributed by atoms with Gasteiger partial charge in [0.15, 0.2) is 0 Å². The highest BCUT2D eigenvalue weighted by Gasteiger charge is 2.56. The zero-order chi connectivity index (χ0) is 39.4. The van der Waals surface area contributed by atoms with Crippen LogP contribution in [0, 0.1) is 5.92 Å².